The second-order valence-electron chi connectivity index (χ2n) is 3.23. The Morgan fingerprint density at radius 3 is 2.79 bits per heavy atom. The summed E-state index contributed by atoms with van der Waals surface area (Å²) in [5.74, 6) is 0.270. The van der Waals surface area contributed by atoms with Crippen LogP contribution in [0.4, 0.5) is 4.39 Å². The van der Waals surface area contributed by atoms with E-state index >= 15 is 0 Å². The fourth-order valence-corrected chi connectivity index (χ4v) is 1.13. The Labute approximate surface area is 83.7 Å². The zero-order chi connectivity index (χ0) is 10.6. The van der Waals surface area contributed by atoms with E-state index in [-0.39, 0.29) is 5.82 Å². The number of halogens is 1. The van der Waals surface area contributed by atoms with Crippen molar-refractivity contribution in [2.24, 2.45) is 10.7 Å². The summed E-state index contributed by atoms with van der Waals surface area (Å²) in [7, 11) is 0. The maximum absolute atomic E-state index is 12.9. The van der Waals surface area contributed by atoms with Crippen LogP contribution in [-0.4, -0.2) is 12.4 Å². The molecule has 3 heteroatoms. The molecule has 0 aliphatic rings. The number of aliphatic imine (C=N–C) groups is 1. The Morgan fingerprint density at radius 2 is 2.21 bits per heavy atom. The van der Waals surface area contributed by atoms with Crippen molar-refractivity contribution in [2.45, 2.75) is 20.3 Å². The first-order valence-corrected chi connectivity index (χ1v) is 4.71. The van der Waals surface area contributed by atoms with E-state index in [4.69, 9.17) is 5.73 Å². The number of amidine groups is 1. The monoisotopic (exact) mass is 194 g/mol. The van der Waals surface area contributed by atoms with Gasteiger partial charge in [-0.05, 0) is 37.1 Å². The van der Waals surface area contributed by atoms with E-state index in [0.29, 0.717) is 17.9 Å². The third-order valence-corrected chi connectivity index (χ3v) is 1.96. The van der Waals surface area contributed by atoms with Gasteiger partial charge in [-0.2, -0.15) is 0 Å². The van der Waals surface area contributed by atoms with Gasteiger partial charge in [0, 0.05) is 12.1 Å². The smallest absolute Gasteiger partial charge is 0.126 e. The summed E-state index contributed by atoms with van der Waals surface area (Å²) >= 11 is 0. The standard InChI is InChI=1S/C11H15FN2/c1-3-6-14-11(13)9-4-5-10(12)8(2)7-9/h4-5,7H,3,6H2,1-2H3,(H2,13,14). The van der Waals surface area contributed by atoms with E-state index in [1.165, 1.54) is 6.07 Å². The summed E-state index contributed by atoms with van der Waals surface area (Å²) in [4.78, 5) is 4.16. The summed E-state index contributed by atoms with van der Waals surface area (Å²) in [6.45, 7) is 4.46. The normalized spacial score (nSPS) is 11.8. The highest BCUT2D eigenvalue weighted by Crippen LogP contribution is 2.08. The molecule has 0 amide bonds. The predicted molar refractivity (Wildman–Crippen MR) is 57.0 cm³/mol. The highest BCUT2D eigenvalue weighted by molar-refractivity contribution is 5.97. The Bertz CT molecular complexity index is 345. The van der Waals surface area contributed by atoms with Crippen LogP contribution in [0.1, 0.15) is 24.5 Å². The minimum atomic E-state index is -0.211. The van der Waals surface area contributed by atoms with Gasteiger partial charge in [-0.15, -0.1) is 0 Å². The predicted octanol–water partition coefficient (Wildman–Crippen LogP) is 2.25. The van der Waals surface area contributed by atoms with E-state index < -0.39 is 0 Å². The number of aryl methyl sites for hydroxylation is 1. The maximum atomic E-state index is 12.9. The van der Waals surface area contributed by atoms with Gasteiger partial charge in [0.15, 0.2) is 0 Å². The largest absolute Gasteiger partial charge is 0.384 e. The first kappa shape index (κ1) is 10.7. The molecular formula is C11H15FN2. The maximum Gasteiger partial charge on any atom is 0.126 e. The molecule has 76 valence electrons. The highest BCUT2D eigenvalue weighted by atomic mass is 19.1. The highest BCUT2D eigenvalue weighted by Gasteiger charge is 2.01. The summed E-state index contributed by atoms with van der Waals surface area (Å²) in [6, 6.07) is 4.78. The van der Waals surface area contributed by atoms with Gasteiger partial charge < -0.3 is 5.73 Å². The summed E-state index contributed by atoms with van der Waals surface area (Å²) in [6.07, 6.45) is 0.959. The summed E-state index contributed by atoms with van der Waals surface area (Å²) < 4.78 is 12.9. The van der Waals surface area contributed by atoms with Gasteiger partial charge in [0.2, 0.25) is 0 Å². The fraction of sp³-hybridized carbons (Fsp3) is 0.364. The van der Waals surface area contributed by atoms with Crippen LogP contribution < -0.4 is 5.73 Å². The molecule has 0 radical (unpaired) electrons. The number of hydrogen-bond donors (Lipinski definition) is 1. The van der Waals surface area contributed by atoms with E-state index in [0.717, 1.165) is 12.0 Å². The van der Waals surface area contributed by atoms with Crippen molar-refractivity contribution >= 4 is 5.84 Å². The number of nitrogens with zero attached hydrogens (tertiary/aromatic N) is 1. The van der Waals surface area contributed by atoms with Crippen molar-refractivity contribution in [2.75, 3.05) is 6.54 Å². The van der Waals surface area contributed by atoms with Crippen LogP contribution in [0.5, 0.6) is 0 Å². The number of hydrogen-bond acceptors (Lipinski definition) is 1. The zero-order valence-corrected chi connectivity index (χ0v) is 8.55. The zero-order valence-electron chi connectivity index (χ0n) is 8.55. The first-order valence-electron chi connectivity index (χ1n) is 4.71. The second kappa shape index (κ2) is 4.74. The van der Waals surface area contributed by atoms with Crippen LogP contribution >= 0.6 is 0 Å². The molecule has 2 N–H and O–H groups in total. The molecule has 0 heterocycles. The molecule has 0 fully saturated rings. The van der Waals surface area contributed by atoms with Crippen LogP contribution in [-0.2, 0) is 0 Å². The van der Waals surface area contributed by atoms with Crippen molar-refractivity contribution in [3.05, 3.63) is 35.1 Å². The van der Waals surface area contributed by atoms with Gasteiger partial charge in [-0.1, -0.05) is 6.92 Å². The lowest BCUT2D eigenvalue weighted by atomic mass is 10.1. The number of rotatable bonds is 3. The van der Waals surface area contributed by atoms with Gasteiger partial charge in [0.05, 0.1) is 0 Å². The molecule has 14 heavy (non-hydrogen) atoms. The minimum absolute atomic E-state index is 0.211. The van der Waals surface area contributed by atoms with E-state index in [2.05, 4.69) is 4.99 Å². The molecule has 1 aromatic rings. The lowest BCUT2D eigenvalue weighted by Crippen LogP contribution is -2.14. The van der Waals surface area contributed by atoms with Gasteiger partial charge in [0.1, 0.15) is 11.7 Å². The van der Waals surface area contributed by atoms with Gasteiger partial charge in [-0.3, -0.25) is 4.99 Å². The van der Waals surface area contributed by atoms with Crippen molar-refractivity contribution in [3.63, 3.8) is 0 Å². The van der Waals surface area contributed by atoms with Crippen molar-refractivity contribution in [3.8, 4) is 0 Å². The molecule has 0 saturated carbocycles. The van der Waals surface area contributed by atoms with Crippen LogP contribution in [0.3, 0.4) is 0 Å². The van der Waals surface area contributed by atoms with E-state index in [9.17, 15) is 4.39 Å². The first-order chi connectivity index (χ1) is 6.65. The Balaban J connectivity index is 2.91. The third-order valence-electron chi connectivity index (χ3n) is 1.96. The quantitative estimate of drug-likeness (QED) is 0.581. The average Bonchev–Trinajstić information content (AvgIpc) is 2.18. The van der Waals surface area contributed by atoms with Gasteiger partial charge >= 0.3 is 0 Å². The molecular weight excluding hydrogens is 179 g/mol. The van der Waals surface area contributed by atoms with Crippen molar-refractivity contribution in [1.82, 2.24) is 0 Å². The molecule has 0 aliphatic heterocycles. The average molecular weight is 194 g/mol. The molecule has 0 aliphatic carbocycles. The summed E-state index contributed by atoms with van der Waals surface area (Å²) in [5.41, 5.74) is 7.11. The SMILES string of the molecule is CCCN=C(N)c1ccc(F)c(C)c1. The summed E-state index contributed by atoms with van der Waals surface area (Å²) in [5, 5.41) is 0. The van der Waals surface area contributed by atoms with Gasteiger partial charge in [0.25, 0.3) is 0 Å². The molecule has 0 atom stereocenters. The minimum Gasteiger partial charge on any atom is -0.384 e. The molecule has 2 nitrogen and oxygen atoms in total. The fourth-order valence-electron chi connectivity index (χ4n) is 1.13. The molecule has 0 bridgehead atoms. The molecule has 0 saturated heterocycles. The van der Waals surface area contributed by atoms with Crippen molar-refractivity contribution < 1.29 is 4.39 Å². The van der Waals surface area contributed by atoms with Crippen molar-refractivity contribution in [1.29, 1.82) is 0 Å². The van der Waals surface area contributed by atoms with Crippen LogP contribution in [0.15, 0.2) is 23.2 Å². The Morgan fingerprint density at radius 1 is 1.50 bits per heavy atom. The topological polar surface area (TPSA) is 38.4 Å². The van der Waals surface area contributed by atoms with Gasteiger partial charge in [-0.25, -0.2) is 4.39 Å². The molecule has 1 rings (SSSR count). The molecule has 0 spiro atoms. The third kappa shape index (κ3) is 2.55. The van der Waals surface area contributed by atoms with E-state index in [1.807, 2.05) is 6.92 Å². The molecule has 0 unspecified atom stereocenters. The number of benzene rings is 1. The second-order valence-corrected chi connectivity index (χ2v) is 3.23. The lowest BCUT2D eigenvalue weighted by molar-refractivity contribution is 0.618. The molecule has 0 aromatic heterocycles. The lowest BCUT2D eigenvalue weighted by Gasteiger charge is -2.02. The van der Waals surface area contributed by atoms with Crippen LogP contribution in [0.25, 0.3) is 0 Å². The molecule has 1 aromatic carbocycles. The van der Waals surface area contributed by atoms with Crippen LogP contribution in [0.2, 0.25) is 0 Å². The Hall–Kier alpha value is -1.38. The Kier molecular flexibility index (Phi) is 3.63. The van der Waals surface area contributed by atoms with E-state index in [1.54, 1.807) is 19.1 Å². The van der Waals surface area contributed by atoms with Crippen LogP contribution in [0, 0.1) is 12.7 Å². The number of nitrogens with two attached hydrogens (primary N) is 1.